The van der Waals surface area contributed by atoms with Crippen molar-refractivity contribution in [3.8, 4) is 0 Å². The Bertz CT molecular complexity index is 1600. The summed E-state index contributed by atoms with van der Waals surface area (Å²) < 4.78 is 31.4. The van der Waals surface area contributed by atoms with Crippen molar-refractivity contribution in [1.82, 2.24) is 0 Å². The van der Waals surface area contributed by atoms with Crippen molar-refractivity contribution in [2.24, 2.45) is 5.41 Å². The Labute approximate surface area is 299 Å². The van der Waals surface area contributed by atoms with Gasteiger partial charge in [-0.3, -0.25) is 4.79 Å². The van der Waals surface area contributed by atoms with Gasteiger partial charge < -0.3 is 28.6 Å². The molecule has 1 atom stereocenters. The molecule has 0 radical (unpaired) electrons. The number of para-hydroxylation sites is 2. The van der Waals surface area contributed by atoms with E-state index in [0.717, 1.165) is 45.2 Å². The second-order valence-electron chi connectivity index (χ2n) is 15.4. The molecule has 0 N–H and O–H groups in total. The molecular formula is C42H57N2O6+. The van der Waals surface area contributed by atoms with Crippen molar-refractivity contribution in [1.29, 1.82) is 0 Å². The Kier molecular flexibility index (Phi) is 11.3. The molecule has 1 unspecified atom stereocenters. The lowest BCUT2D eigenvalue weighted by molar-refractivity contribution is -0.463. The molecule has 4 aliphatic rings. The first-order valence-electron chi connectivity index (χ1n) is 18.7. The van der Waals surface area contributed by atoms with Gasteiger partial charge in [-0.1, -0.05) is 55.3 Å². The van der Waals surface area contributed by atoms with E-state index >= 15 is 0 Å². The van der Waals surface area contributed by atoms with Crippen LogP contribution >= 0.6 is 0 Å². The van der Waals surface area contributed by atoms with E-state index in [0.29, 0.717) is 39.5 Å². The van der Waals surface area contributed by atoms with E-state index < -0.39 is 0 Å². The molecule has 0 aromatic heterocycles. The molecule has 4 aliphatic heterocycles. The number of hydrogen-bond acceptors (Lipinski definition) is 7. The zero-order valence-corrected chi connectivity index (χ0v) is 31.0. The number of unbranched alkanes of at least 4 members (excludes halogenated alkanes) is 2. The van der Waals surface area contributed by atoms with E-state index in [9.17, 15) is 4.79 Å². The molecule has 50 heavy (non-hydrogen) atoms. The maximum absolute atomic E-state index is 12.0. The fraction of sp³-hybridized carbons (Fsp3) is 0.571. The molecule has 0 aliphatic carbocycles. The number of fused-ring (bicyclic) bond motifs is 2. The second kappa shape index (κ2) is 15.5. The van der Waals surface area contributed by atoms with Crippen LogP contribution in [-0.2, 0) is 39.3 Å². The molecule has 2 aromatic carbocycles. The normalized spacial score (nSPS) is 23.1. The van der Waals surface area contributed by atoms with Crippen molar-refractivity contribution in [2.45, 2.75) is 103 Å². The van der Waals surface area contributed by atoms with Crippen LogP contribution in [-0.4, -0.2) is 75.0 Å². The van der Waals surface area contributed by atoms with Crippen molar-refractivity contribution >= 4 is 23.1 Å². The van der Waals surface area contributed by atoms with Gasteiger partial charge in [0.05, 0.1) is 43.9 Å². The predicted octanol–water partition coefficient (Wildman–Crippen LogP) is 7.96. The van der Waals surface area contributed by atoms with Crippen LogP contribution < -0.4 is 4.90 Å². The smallest absolute Gasteiger partial charge is 0.305 e. The maximum Gasteiger partial charge on any atom is 0.305 e. The first-order chi connectivity index (χ1) is 24.1. The number of nitrogens with zero attached hydrogens (tertiary/aromatic N) is 2. The Morgan fingerprint density at radius 3 is 2.36 bits per heavy atom. The summed E-state index contributed by atoms with van der Waals surface area (Å²) in [6.07, 6.45) is 11.6. The van der Waals surface area contributed by atoms with E-state index in [1.807, 2.05) is 6.92 Å². The molecule has 0 spiro atoms. The number of esters is 1. The van der Waals surface area contributed by atoms with Gasteiger partial charge in [0.25, 0.3) is 0 Å². The summed E-state index contributed by atoms with van der Waals surface area (Å²) in [5, 5.41) is 0. The molecule has 6 rings (SSSR count). The van der Waals surface area contributed by atoms with Crippen molar-refractivity contribution in [2.75, 3.05) is 51.0 Å². The molecule has 8 nitrogen and oxygen atoms in total. The summed E-state index contributed by atoms with van der Waals surface area (Å²) in [6.45, 7) is 18.0. The monoisotopic (exact) mass is 685 g/mol. The largest absolute Gasteiger partial charge is 0.466 e. The van der Waals surface area contributed by atoms with E-state index in [1.165, 1.54) is 33.9 Å². The Hall–Kier alpha value is -3.30. The van der Waals surface area contributed by atoms with Crippen molar-refractivity contribution in [3.63, 3.8) is 0 Å². The molecule has 2 fully saturated rings. The molecule has 0 amide bonds. The number of carbonyl (C=O) groups is 1. The van der Waals surface area contributed by atoms with E-state index in [-0.39, 0.29) is 34.8 Å². The van der Waals surface area contributed by atoms with Gasteiger partial charge in [-0.15, -0.1) is 0 Å². The van der Waals surface area contributed by atoms with Gasteiger partial charge in [-0.25, -0.2) is 0 Å². The number of benzene rings is 2. The number of anilines is 1. The van der Waals surface area contributed by atoms with Gasteiger partial charge in [0.2, 0.25) is 5.69 Å². The van der Waals surface area contributed by atoms with Crippen LogP contribution in [0, 0.1) is 5.41 Å². The topological polar surface area (TPSA) is 69.5 Å². The van der Waals surface area contributed by atoms with Crippen molar-refractivity contribution < 1.29 is 33.1 Å². The summed E-state index contributed by atoms with van der Waals surface area (Å²) in [4.78, 5) is 14.5. The molecule has 8 heteroatoms. The molecule has 2 saturated heterocycles. The summed E-state index contributed by atoms with van der Waals surface area (Å²) in [7, 11) is 0. The van der Waals surface area contributed by atoms with Gasteiger partial charge in [0, 0.05) is 53.9 Å². The number of hydrogen-bond donors (Lipinski definition) is 0. The summed E-state index contributed by atoms with van der Waals surface area (Å²) >= 11 is 0. The van der Waals surface area contributed by atoms with E-state index in [1.54, 1.807) is 0 Å². The minimum absolute atomic E-state index is 0.103. The lowest BCUT2D eigenvalue weighted by atomic mass is 9.77. The zero-order valence-electron chi connectivity index (χ0n) is 31.0. The first kappa shape index (κ1) is 36.5. The van der Waals surface area contributed by atoms with Gasteiger partial charge >= 0.3 is 5.97 Å². The average molecular weight is 686 g/mol. The van der Waals surface area contributed by atoms with Crippen LogP contribution in [0.3, 0.4) is 0 Å². The highest BCUT2D eigenvalue weighted by Crippen LogP contribution is 2.51. The van der Waals surface area contributed by atoms with Crippen molar-refractivity contribution in [3.05, 3.63) is 83.6 Å². The molecular weight excluding hydrogens is 628 g/mol. The molecule has 0 saturated carbocycles. The number of carbonyl (C=O) groups excluding carboxylic acids is 1. The van der Waals surface area contributed by atoms with Crippen LogP contribution in [0.15, 0.2) is 72.5 Å². The Balaban J connectivity index is 1.33. The SMILES string of the molecule is CCOC(=O)CCCCCC1(C)/C(=C\C=C\C2=[N+](CC(C)(C)C3OCCO3)c3ccccc3C2(C)C)N(CCC2OCCO2)c2ccccc21. The summed E-state index contributed by atoms with van der Waals surface area (Å²) in [5.41, 5.74) is 7.12. The van der Waals surface area contributed by atoms with Gasteiger partial charge in [0.15, 0.2) is 24.8 Å². The lowest BCUT2D eigenvalue weighted by Gasteiger charge is -2.31. The third-order valence-electron chi connectivity index (χ3n) is 10.9. The number of allylic oxidation sites excluding steroid dienone is 4. The highest BCUT2D eigenvalue weighted by atomic mass is 16.7. The minimum Gasteiger partial charge on any atom is -0.466 e. The van der Waals surface area contributed by atoms with Crippen LogP contribution in [0.1, 0.15) is 91.2 Å². The molecule has 270 valence electrons. The molecule has 0 bridgehead atoms. The summed E-state index contributed by atoms with van der Waals surface area (Å²) in [6, 6.07) is 17.6. The third-order valence-corrected chi connectivity index (χ3v) is 10.9. The van der Waals surface area contributed by atoms with Gasteiger partial charge in [-0.2, -0.15) is 4.58 Å². The zero-order chi connectivity index (χ0) is 35.4. The summed E-state index contributed by atoms with van der Waals surface area (Å²) in [5.74, 6) is -0.103. The highest BCUT2D eigenvalue weighted by Gasteiger charge is 2.48. The van der Waals surface area contributed by atoms with E-state index in [4.69, 9.17) is 23.7 Å². The van der Waals surface area contributed by atoms with Crippen LogP contribution in [0.25, 0.3) is 0 Å². The molecule has 2 aromatic rings. The third kappa shape index (κ3) is 7.50. The average Bonchev–Trinajstić information content (AvgIpc) is 3.90. The standard InChI is InChI=1S/C42H57N2O6/c1-7-46-37(45)22-9-8-14-24-42(6)32-17-11-13-19-34(32)43(25-23-38-47-26-27-48-38)36(42)21-15-20-35-41(4,5)31-16-10-12-18-33(31)44(35)30-40(2,3)39-49-28-29-50-39/h10-13,15-21,38-39H,7-9,14,22-30H2,1-6H3/q+1. The predicted molar refractivity (Wildman–Crippen MR) is 197 cm³/mol. The van der Waals surface area contributed by atoms with E-state index in [2.05, 4.69) is 111 Å². The number of ether oxygens (including phenoxy) is 5. The fourth-order valence-electron chi connectivity index (χ4n) is 8.32. The van der Waals surface area contributed by atoms with Crippen LogP contribution in [0.5, 0.6) is 0 Å². The van der Waals surface area contributed by atoms with Crippen LogP contribution in [0.4, 0.5) is 11.4 Å². The quantitative estimate of drug-likeness (QED) is 0.107. The fourth-order valence-corrected chi connectivity index (χ4v) is 8.32. The Morgan fingerprint density at radius 1 is 0.940 bits per heavy atom. The first-order valence-corrected chi connectivity index (χ1v) is 18.7. The molecule has 4 heterocycles. The maximum atomic E-state index is 12.0. The Morgan fingerprint density at radius 2 is 1.62 bits per heavy atom. The minimum atomic E-state index is -0.234. The van der Waals surface area contributed by atoms with Gasteiger partial charge in [0.1, 0.15) is 0 Å². The van der Waals surface area contributed by atoms with Crippen LogP contribution in [0.2, 0.25) is 0 Å². The number of rotatable bonds is 15. The second-order valence-corrected chi connectivity index (χ2v) is 15.4. The highest BCUT2D eigenvalue weighted by molar-refractivity contribution is 6.03. The van der Waals surface area contributed by atoms with Gasteiger partial charge in [-0.05, 0) is 72.1 Å². The lowest BCUT2D eigenvalue weighted by Crippen LogP contribution is -2.39.